The SMILES string of the molecule is CC(C)c1cc(=O)c2c(Br)ccc(Br)c2[nH]1. The molecule has 16 heavy (non-hydrogen) atoms. The van der Waals surface area contributed by atoms with E-state index in [1.807, 2.05) is 12.1 Å². The molecule has 0 saturated carbocycles. The van der Waals surface area contributed by atoms with Crippen molar-refractivity contribution in [2.75, 3.05) is 0 Å². The predicted molar refractivity (Wildman–Crippen MR) is 74.1 cm³/mol. The summed E-state index contributed by atoms with van der Waals surface area (Å²) in [6.07, 6.45) is 0. The molecule has 1 N–H and O–H groups in total. The highest BCUT2D eigenvalue weighted by molar-refractivity contribution is 9.11. The van der Waals surface area contributed by atoms with Gasteiger partial charge in [0.05, 0.1) is 10.9 Å². The minimum Gasteiger partial charge on any atom is -0.357 e. The van der Waals surface area contributed by atoms with Gasteiger partial charge in [0, 0.05) is 20.7 Å². The maximum Gasteiger partial charge on any atom is 0.190 e. The van der Waals surface area contributed by atoms with Gasteiger partial charge in [-0.15, -0.1) is 0 Å². The van der Waals surface area contributed by atoms with E-state index >= 15 is 0 Å². The first-order valence-corrected chi connectivity index (χ1v) is 6.60. The van der Waals surface area contributed by atoms with Gasteiger partial charge < -0.3 is 4.98 Å². The average molecular weight is 345 g/mol. The molecule has 0 bridgehead atoms. The van der Waals surface area contributed by atoms with Crippen LogP contribution in [0.1, 0.15) is 25.5 Å². The molecule has 1 aromatic carbocycles. The lowest BCUT2D eigenvalue weighted by molar-refractivity contribution is 0.828. The minimum absolute atomic E-state index is 0.0469. The molecule has 2 nitrogen and oxygen atoms in total. The number of aromatic nitrogens is 1. The highest BCUT2D eigenvalue weighted by atomic mass is 79.9. The third-order valence-corrected chi connectivity index (χ3v) is 3.85. The summed E-state index contributed by atoms with van der Waals surface area (Å²) in [5, 5.41) is 0.693. The number of nitrogens with one attached hydrogen (secondary N) is 1. The van der Waals surface area contributed by atoms with Crippen LogP contribution in [0.5, 0.6) is 0 Å². The van der Waals surface area contributed by atoms with Crippen molar-refractivity contribution >= 4 is 42.8 Å². The molecular formula is C12H11Br2NO. The van der Waals surface area contributed by atoms with Crippen LogP contribution in [0.3, 0.4) is 0 Å². The van der Waals surface area contributed by atoms with Gasteiger partial charge in [-0.05, 0) is 49.9 Å². The second kappa shape index (κ2) is 4.34. The number of benzene rings is 1. The first-order valence-electron chi connectivity index (χ1n) is 5.01. The highest BCUT2D eigenvalue weighted by Crippen LogP contribution is 2.27. The van der Waals surface area contributed by atoms with Crippen LogP contribution in [0, 0.1) is 0 Å². The number of hydrogen-bond acceptors (Lipinski definition) is 1. The van der Waals surface area contributed by atoms with Gasteiger partial charge in [0.25, 0.3) is 0 Å². The second-order valence-electron chi connectivity index (χ2n) is 4.02. The normalized spacial score (nSPS) is 11.3. The third-order valence-electron chi connectivity index (χ3n) is 2.53. The Morgan fingerprint density at radius 1 is 1.19 bits per heavy atom. The Kier molecular flexibility index (Phi) is 3.22. The number of rotatable bonds is 1. The van der Waals surface area contributed by atoms with Crippen LogP contribution in [-0.2, 0) is 0 Å². The van der Waals surface area contributed by atoms with E-state index in [1.165, 1.54) is 0 Å². The Hall–Kier alpha value is -0.610. The fourth-order valence-corrected chi connectivity index (χ4v) is 2.58. The molecule has 0 saturated heterocycles. The zero-order chi connectivity index (χ0) is 11.9. The number of hydrogen-bond donors (Lipinski definition) is 1. The Morgan fingerprint density at radius 3 is 2.44 bits per heavy atom. The molecule has 0 amide bonds. The molecule has 0 spiro atoms. The molecule has 0 aliphatic rings. The maximum absolute atomic E-state index is 12.0. The summed E-state index contributed by atoms with van der Waals surface area (Å²) in [5.41, 5.74) is 1.85. The molecule has 0 unspecified atom stereocenters. The molecule has 0 radical (unpaired) electrons. The molecule has 0 atom stereocenters. The number of H-pyrrole nitrogens is 1. The number of fused-ring (bicyclic) bond motifs is 1. The van der Waals surface area contributed by atoms with Crippen LogP contribution >= 0.6 is 31.9 Å². The zero-order valence-electron chi connectivity index (χ0n) is 8.97. The average Bonchev–Trinajstić information content (AvgIpc) is 2.22. The van der Waals surface area contributed by atoms with E-state index in [9.17, 15) is 4.79 Å². The van der Waals surface area contributed by atoms with Crippen LogP contribution in [0.25, 0.3) is 10.9 Å². The fourth-order valence-electron chi connectivity index (χ4n) is 1.62. The van der Waals surface area contributed by atoms with Crippen molar-refractivity contribution in [3.63, 3.8) is 0 Å². The Bertz CT molecular complexity index is 602. The summed E-state index contributed by atoms with van der Waals surface area (Å²) in [4.78, 5) is 15.3. The Labute approximate surface area is 110 Å². The van der Waals surface area contributed by atoms with Crippen LogP contribution < -0.4 is 5.43 Å². The summed E-state index contributed by atoms with van der Waals surface area (Å²) in [6, 6.07) is 5.47. The van der Waals surface area contributed by atoms with Crippen molar-refractivity contribution in [2.24, 2.45) is 0 Å². The van der Waals surface area contributed by atoms with Crippen molar-refractivity contribution in [1.82, 2.24) is 4.98 Å². The smallest absolute Gasteiger partial charge is 0.190 e. The van der Waals surface area contributed by atoms with Crippen molar-refractivity contribution < 1.29 is 0 Å². The molecule has 4 heteroatoms. The van der Waals surface area contributed by atoms with E-state index in [2.05, 4.69) is 50.7 Å². The summed E-state index contributed by atoms with van der Waals surface area (Å²) in [5.74, 6) is 0.308. The molecule has 2 rings (SSSR count). The molecule has 1 aromatic heterocycles. The first kappa shape index (κ1) is 11.9. The van der Waals surface area contributed by atoms with Gasteiger partial charge in [-0.2, -0.15) is 0 Å². The van der Waals surface area contributed by atoms with Crippen LogP contribution in [0.2, 0.25) is 0 Å². The van der Waals surface area contributed by atoms with Gasteiger partial charge >= 0.3 is 0 Å². The minimum atomic E-state index is 0.0469. The quantitative estimate of drug-likeness (QED) is 0.827. The Morgan fingerprint density at radius 2 is 1.81 bits per heavy atom. The van der Waals surface area contributed by atoms with Crippen molar-refractivity contribution in [2.45, 2.75) is 19.8 Å². The van der Waals surface area contributed by atoms with Crippen molar-refractivity contribution in [3.8, 4) is 0 Å². The van der Waals surface area contributed by atoms with E-state index in [4.69, 9.17) is 0 Å². The molecule has 0 fully saturated rings. The monoisotopic (exact) mass is 343 g/mol. The van der Waals surface area contributed by atoms with Crippen LogP contribution in [0.4, 0.5) is 0 Å². The van der Waals surface area contributed by atoms with Crippen LogP contribution in [-0.4, -0.2) is 4.98 Å². The molecule has 1 heterocycles. The lowest BCUT2D eigenvalue weighted by Crippen LogP contribution is -2.07. The van der Waals surface area contributed by atoms with E-state index in [0.717, 1.165) is 20.2 Å². The lowest BCUT2D eigenvalue weighted by atomic mass is 10.1. The van der Waals surface area contributed by atoms with E-state index in [0.29, 0.717) is 11.3 Å². The molecule has 0 aliphatic heterocycles. The van der Waals surface area contributed by atoms with Gasteiger partial charge in [-0.1, -0.05) is 13.8 Å². The van der Waals surface area contributed by atoms with Crippen molar-refractivity contribution in [1.29, 1.82) is 0 Å². The number of pyridine rings is 1. The third kappa shape index (κ3) is 1.96. The largest absolute Gasteiger partial charge is 0.357 e. The zero-order valence-corrected chi connectivity index (χ0v) is 12.1. The van der Waals surface area contributed by atoms with E-state index in [1.54, 1.807) is 6.07 Å². The lowest BCUT2D eigenvalue weighted by Gasteiger charge is -2.09. The first-order chi connectivity index (χ1) is 7.50. The van der Waals surface area contributed by atoms with Gasteiger partial charge in [0.1, 0.15) is 0 Å². The molecule has 2 aromatic rings. The summed E-state index contributed by atoms with van der Waals surface area (Å²) >= 11 is 6.86. The van der Waals surface area contributed by atoms with Crippen molar-refractivity contribution in [3.05, 3.63) is 43.1 Å². The Balaban J connectivity index is 2.92. The number of aromatic amines is 1. The summed E-state index contributed by atoms with van der Waals surface area (Å²) in [7, 11) is 0. The summed E-state index contributed by atoms with van der Waals surface area (Å²) < 4.78 is 1.73. The fraction of sp³-hybridized carbons (Fsp3) is 0.250. The highest BCUT2D eigenvalue weighted by Gasteiger charge is 2.10. The topological polar surface area (TPSA) is 32.9 Å². The number of halogens is 2. The van der Waals surface area contributed by atoms with Gasteiger partial charge in [-0.25, -0.2) is 0 Å². The second-order valence-corrected chi connectivity index (χ2v) is 5.73. The van der Waals surface area contributed by atoms with E-state index < -0.39 is 0 Å². The van der Waals surface area contributed by atoms with Crippen LogP contribution in [0.15, 0.2) is 31.9 Å². The van der Waals surface area contributed by atoms with Gasteiger partial charge in [0.15, 0.2) is 5.43 Å². The maximum atomic E-state index is 12.0. The standard InChI is InChI=1S/C12H11Br2NO/c1-6(2)9-5-10(16)11-7(13)3-4-8(14)12(11)15-9/h3-6H,1-2H3,(H,15,16). The van der Waals surface area contributed by atoms with Gasteiger partial charge in [-0.3, -0.25) is 4.79 Å². The summed E-state index contributed by atoms with van der Waals surface area (Å²) in [6.45, 7) is 4.12. The predicted octanol–water partition coefficient (Wildman–Crippen LogP) is 4.18. The molecule has 0 aliphatic carbocycles. The van der Waals surface area contributed by atoms with E-state index in [-0.39, 0.29) is 5.43 Å². The van der Waals surface area contributed by atoms with Gasteiger partial charge in [0.2, 0.25) is 0 Å². The molecule has 84 valence electrons. The molecular weight excluding hydrogens is 334 g/mol.